The second kappa shape index (κ2) is 7.22. The standard InChI is InChI=1S/C19H20N4O4/c1-26-18(24)13-5-6-17(21-10-13)22-11-15-16(12-22)27-19(25)23(15)9-7-14-4-2-3-8-20-14/h2-6,8,10,15-16H,7,9,11-12H2,1H3/t15-,16+/m1/s1. The number of esters is 1. The fraction of sp³-hybridized carbons (Fsp3) is 0.368. The van der Waals surface area contributed by atoms with Crippen molar-refractivity contribution >= 4 is 17.9 Å². The normalized spacial score (nSPS) is 21.1. The summed E-state index contributed by atoms with van der Waals surface area (Å²) in [5.74, 6) is 0.333. The highest BCUT2D eigenvalue weighted by molar-refractivity contribution is 5.89. The third kappa shape index (κ3) is 3.42. The van der Waals surface area contributed by atoms with E-state index in [0.717, 1.165) is 11.5 Å². The molecule has 2 aromatic heterocycles. The van der Waals surface area contributed by atoms with Crippen molar-refractivity contribution in [2.24, 2.45) is 0 Å². The van der Waals surface area contributed by atoms with Crippen molar-refractivity contribution in [2.45, 2.75) is 18.6 Å². The zero-order valence-electron chi connectivity index (χ0n) is 14.9. The molecule has 27 heavy (non-hydrogen) atoms. The van der Waals surface area contributed by atoms with Gasteiger partial charge < -0.3 is 14.4 Å². The van der Waals surface area contributed by atoms with Crippen LogP contribution >= 0.6 is 0 Å². The molecular weight excluding hydrogens is 348 g/mol. The highest BCUT2D eigenvalue weighted by atomic mass is 16.6. The average molecular weight is 368 g/mol. The van der Waals surface area contributed by atoms with E-state index < -0.39 is 5.97 Å². The van der Waals surface area contributed by atoms with E-state index in [1.807, 2.05) is 18.2 Å². The fourth-order valence-electron chi connectivity index (χ4n) is 3.54. The van der Waals surface area contributed by atoms with Crippen molar-refractivity contribution in [3.63, 3.8) is 0 Å². The number of pyridine rings is 2. The Morgan fingerprint density at radius 3 is 2.85 bits per heavy atom. The number of rotatable bonds is 5. The van der Waals surface area contributed by atoms with E-state index in [1.165, 1.54) is 13.3 Å². The molecule has 0 radical (unpaired) electrons. The number of aromatic nitrogens is 2. The summed E-state index contributed by atoms with van der Waals surface area (Å²) in [6, 6.07) is 9.22. The molecule has 0 N–H and O–H groups in total. The van der Waals surface area contributed by atoms with Crippen molar-refractivity contribution < 1.29 is 19.1 Å². The molecular formula is C19H20N4O4. The Bertz CT molecular complexity index is 827. The van der Waals surface area contributed by atoms with Gasteiger partial charge in [-0.25, -0.2) is 14.6 Å². The zero-order chi connectivity index (χ0) is 18.8. The number of hydrogen-bond acceptors (Lipinski definition) is 7. The molecule has 8 heteroatoms. The highest BCUT2D eigenvalue weighted by Crippen LogP contribution is 2.29. The van der Waals surface area contributed by atoms with Gasteiger partial charge in [-0.1, -0.05) is 6.07 Å². The molecule has 2 aliphatic heterocycles. The van der Waals surface area contributed by atoms with Gasteiger partial charge in [0, 0.05) is 37.6 Å². The second-order valence-electron chi connectivity index (χ2n) is 6.56. The first-order valence-electron chi connectivity index (χ1n) is 8.82. The fourth-order valence-corrected chi connectivity index (χ4v) is 3.54. The Morgan fingerprint density at radius 2 is 2.15 bits per heavy atom. The molecule has 2 saturated heterocycles. The van der Waals surface area contributed by atoms with Gasteiger partial charge in [0.05, 0.1) is 25.3 Å². The van der Waals surface area contributed by atoms with Gasteiger partial charge in [-0.2, -0.15) is 0 Å². The summed E-state index contributed by atoms with van der Waals surface area (Å²) < 4.78 is 10.2. The first kappa shape index (κ1) is 17.3. The Labute approximate surface area is 156 Å². The molecule has 0 unspecified atom stereocenters. The zero-order valence-corrected chi connectivity index (χ0v) is 14.9. The molecule has 8 nitrogen and oxygen atoms in total. The maximum absolute atomic E-state index is 12.2. The summed E-state index contributed by atoms with van der Waals surface area (Å²) in [6.45, 7) is 1.80. The van der Waals surface area contributed by atoms with Crippen LogP contribution in [0.2, 0.25) is 0 Å². The molecule has 2 aliphatic rings. The number of anilines is 1. The Balaban J connectivity index is 1.41. The molecule has 0 bridgehead atoms. The molecule has 4 rings (SSSR count). The van der Waals surface area contributed by atoms with Gasteiger partial charge in [0.15, 0.2) is 0 Å². The molecule has 2 aromatic rings. The van der Waals surface area contributed by atoms with Crippen LogP contribution in [-0.2, 0) is 15.9 Å². The van der Waals surface area contributed by atoms with Crippen LogP contribution in [0.5, 0.6) is 0 Å². The van der Waals surface area contributed by atoms with Crippen LogP contribution in [0.15, 0.2) is 42.7 Å². The predicted molar refractivity (Wildman–Crippen MR) is 96.5 cm³/mol. The third-order valence-electron chi connectivity index (χ3n) is 4.95. The lowest BCUT2D eigenvalue weighted by Crippen LogP contribution is -2.39. The minimum absolute atomic E-state index is 0.0108. The largest absolute Gasteiger partial charge is 0.465 e. The molecule has 0 saturated carbocycles. The summed E-state index contributed by atoms with van der Waals surface area (Å²) in [4.78, 5) is 36.2. The summed E-state index contributed by atoms with van der Waals surface area (Å²) in [5, 5.41) is 0. The molecule has 0 aliphatic carbocycles. The van der Waals surface area contributed by atoms with Gasteiger partial charge in [-0.15, -0.1) is 0 Å². The molecule has 2 fully saturated rings. The van der Waals surface area contributed by atoms with E-state index in [0.29, 0.717) is 31.6 Å². The molecule has 0 aromatic carbocycles. The first-order valence-corrected chi connectivity index (χ1v) is 8.82. The lowest BCUT2D eigenvalue weighted by molar-refractivity contribution is 0.0600. The highest BCUT2D eigenvalue weighted by Gasteiger charge is 2.47. The second-order valence-corrected chi connectivity index (χ2v) is 6.56. The first-order chi connectivity index (χ1) is 13.2. The van der Waals surface area contributed by atoms with Gasteiger partial charge >= 0.3 is 12.1 Å². The monoisotopic (exact) mass is 368 g/mol. The summed E-state index contributed by atoms with van der Waals surface area (Å²) in [6.07, 6.45) is 3.49. The Hall–Kier alpha value is -3.16. The van der Waals surface area contributed by atoms with E-state index in [-0.39, 0.29) is 18.2 Å². The van der Waals surface area contributed by atoms with E-state index in [2.05, 4.69) is 19.6 Å². The number of methoxy groups -OCH3 is 1. The molecule has 2 atom stereocenters. The number of nitrogens with zero attached hydrogens (tertiary/aromatic N) is 4. The SMILES string of the molecule is COC(=O)c1ccc(N2C[C@@H]3OC(=O)N(CCc4ccccn4)[C@@H]3C2)nc1. The quantitative estimate of drug-likeness (QED) is 0.740. The van der Waals surface area contributed by atoms with Crippen LogP contribution < -0.4 is 4.90 Å². The van der Waals surface area contributed by atoms with Crippen LogP contribution in [-0.4, -0.2) is 65.8 Å². The van der Waals surface area contributed by atoms with Crippen LogP contribution in [0.25, 0.3) is 0 Å². The van der Waals surface area contributed by atoms with Crippen molar-refractivity contribution in [3.05, 3.63) is 54.0 Å². The van der Waals surface area contributed by atoms with Crippen molar-refractivity contribution in [1.82, 2.24) is 14.9 Å². The van der Waals surface area contributed by atoms with Gasteiger partial charge in [0.2, 0.25) is 0 Å². The van der Waals surface area contributed by atoms with Crippen LogP contribution in [0.4, 0.5) is 10.6 Å². The van der Waals surface area contributed by atoms with Gasteiger partial charge in [0.25, 0.3) is 0 Å². The number of carbonyl (C=O) groups is 2. The molecule has 4 heterocycles. The average Bonchev–Trinajstić information content (AvgIpc) is 3.24. The van der Waals surface area contributed by atoms with Crippen LogP contribution in [0.3, 0.4) is 0 Å². The lowest BCUT2D eigenvalue weighted by atomic mass is 10.2. The maximum Gasteiger partial charge on any atom is 0.410 e. The van der Waals surface area contributed by atoms with E-state index in [1.54, 1.807) is 23.2 Å². The number of hydrogen-bond donors (Lipinski definition) is 0. The van der Waals surface area contributed by atoms with Crippen molar-refractivity contribution in [3.8, 4) is 0 Å². The van der Waals surface area contributed by atoms with E-state index >= 15 is 0 Å². The van der Waals surface area contributed by atoms with Gasteiger partial charge in [-0.05, 0) is 24.3 Å². The number of ether oxygens (including phenoxy) is 2. The predicted octanol–water partition coefficient (Wildman–Crippen LogP) is 1.52. The van der Waals surface area contributed by atoms with Crippen molar-refractivity contribution in [2.75, 3.05) is 31.6 Å². The van der Waals surface area contributed by atoms with E-state index in [4.69, 9.17) is 4.74 Å². The Morgan fingerprint density at radius 1 is 1.26 bits per heavy atom. The van der Waals surface area contributed by atoms with Gasteiger partial charge in [0.1, 0.15) is 11.9 Å². The molecule has 140 valence electrons. The number of carbonyl (C=O) groups excluding carboxylic acids is 2. The summed E-state index contributed by atoms with van der Waals surface area (Å²) in [5.41, 5.74) is 1.35. The molecule has 0 spiro atoms. The smallest absolute Gasteiger partial charge is 0.410 e. The van der Waals surface area contributed by atoms with Crippen molar-refractivity contribution in [1.29, 1.82) is 0 Å². The topological polar surface area (TPSA) is 84.9 Å². The minimum atomic E-state index is -0.415. The minimum Gasteiger partial charge on any atom is -0.465 e. The van der Waals surface area contributed by atoms with Crippen LogP contribution in [0.1, 0.15) is 16.1 Å². The number of amides is 1. The summed E-state index contributed by atoms with van der Waals surface area (Å²) in [7, 11) is 1.34. The third-order valence-corrected chi connectivity index (χ3v) is 4.95. The van der Waals surface area contributed by atoms with Crippen LogP contribution in [0, 0.1) is 0 Å². The number of fused-ring (bicyclic) bond motifs is 1. The lowest BCUT2D eigenvalue weighted by Gasteiger charge is -2.23. The summed E-state index contributed by atoms with van der Waals surface area (Å²) >= 11 is 0. The van der Waals surface area contributed by atoms with E-state index in [9.17, 15) is 9.59 Å². The maximum atomic E-state index is 12.2. The van der Waals surface area contributed by atoms with Gasteiger partial charge in [-0.3, -0.25) is 9.88 Å². The Kier molecular flexibility index (Phi) is 4.62. The molecule has 1 amide bonds.